The fraction of sp³-hybridized carbons (Fsp3) is 0.667. The maximum atomic E-state index is 10.7. The number of hydrogen-bond donors (Lipinski definition) is 2. The van der Waals surface area contributed by atoms with E-state index >= 15 is 0 Å². The summed E-state index contributed by atoms with van der Waals surface area (Å²) in [5.74, 6) is -1.93. The Labute approximate surface area is 63.8 Å². The van der Waals surface area contributed by atoms with Crippen molar-refractivity contribution in [1.29, 1.82) is 0 Å². The standard InChI is InChI=1S/C6H10NO4/c1-3(8)6(11)4(7)2-5(9)10/h3-4H,2,7H2,1H3,(H,9,10)/t3?,4-/m0/s1. The van der Waals surface area contributed by atoms with Gasteiger partial charge in [0, 0.05) is 0 Å². The molecule has 0 heterocycles. The molecule has 0 aliphatic carbocycles. The zero-order chi connectivity index (χ0) is 9.02. The molecule has 0 spiro atoms. The number of ketones is 1. The van der Waals surface area contributed by atoms with Crippen LogP contribution in [0.25, 0.3) is 0 Å². The molecule has 0 bridgehead atoms. The van der Waals surface area contributed by atoms with Crippen LogP contribution < -0.4 is 5.73 Å². The van der Waals surface area contributed by atoms with Crippen LogP contribution in [-0.2, 0) is 14.7 Å². The molecule has 5 nitrogen and oxygen atoms in total. The highest BCUT2D eigenvalue weighted by Gasteiger charge is 2.21. The first kappa shape index (κ1) is 10.1. The van der Waals surface area contributed by atoms with E-state index in [0.29, 0.717) is 0 Å². The average Bonchev–Trinajstić information content (AvgIpc) is 1.84. The van der Waals surface area contributed by atoms with E-state index in [1.807, 2.05) is 0 Å². The Hall–Kier alpha value is -0.940. The van der Waals surface area contributed by atoms with Gasteiger partial charge in [-0.3, -0.25) is 9.59 Å². The van der Waals surface area contributed by atoms with Crippen molar-refractivity contribution in [2.45, 2.75) is 25.5 Å². The molecule has 0 aromatic rings. The van der Waals surface area contributed by atoms with Crippen molar-refractivity contribution in [1.82, 2.24) is 0 Å². The summed E-state index contributed by atoms with van der Waals surface area (Å²) in [6.45, 7) is 1.14. The number of hydrogen-bond acceptors (Lipinski definition) is 3. The Morgan fingerprint density at radius 3 is 2.27 bits per heavy atom. The normalized spacial score (nSPS) is 15.5. The number of carbonyl (C=O) groups excluding carboxylic acids is 1. The molecule has 63 valence electrons. The molecule has 0 saturated carbocycles. The first-order chi connectivity index (χ1) is 4.95. The van der Waals surface area contributed by atoms with Crippen molar-refractivity contribution in [3.8, 4) is 0 Å². The van der Waals surface area contributed by atoms with Crippen molar-refractivity contribution in [2.75, 3.05) is 0 Å². The summed E-state index contributed by atoms with van der Waals surface area (Å²) in [4.78, 5) is 20.7. The summed E-state index contributed by atoms with van der Waals surface area (Å²) in [6.07, 6.45) is -1.92. The molecule has 5 heteroatoms. The number of nitrogens with two attached hydrogens (primary N) is 1. The van der Waals surface area contributed by atoms with Crippen molar-refractivity contribution in [2.24, 2.45) is 5.73 Å². The predicted molar refractivity (Wildman–Crippen MR) is 35.4 cm³/mol. The number of carboxylic acids is 1. The monoisotopic (exact) mass is 160 g/mol. The van der Waals surface area contributed by atoms with Crippen molar-refractivity contribution < 1.29 is 19.8 Å². The maximum Gasteiger partial charge on any atom is 0.305 e. The van der Waals surface area contributed by atoms with Gasteiger partial charge in [-0.05, 0) is 6.92 Å². The molecule has 0 amide bonds. The van der Waals surface area contributed by atoms with Crippen LogP contribution in [0.5, 0.6) is 0 Å². The lowest BCUT2D eigenvalue weighted by Crippen LogP contribution is -2.38. The lowest BCUT2D eigenvalue weighted by atomic mass is 10.1. The van der Waals surface area contributed by atoms with E-state index in [1.54, 1.807) is 0 Å². The summed E-state index contributed by atoms with van der Waals surface area (Å²) in [7, 11) is 0. The summed E-state index contributed by atoms with van der Waals surface area (Å²) in [6, 6.07) is -1.17. The third-order valence-electron chi connectivity index (χ3n) is 1.16. The van der Waals surface area contributed by atoms with Crippen LogP contribution in [0.4, 0.5) is 0 Å². The summed E-state index contributed by atoms with van der Waals surface area (Å²) >= 11 is 0. The van der Waals surface area contributed by atoms with E-state index in [2.05, 4.69) is 0 Å². The summed E-state index contributed by atoms with van der Waals surface area (Å²) in [5.41, 5.74) is 5.09. The predicted octanol–water partition coefficient (Wildman–Crippen LogP) is -0.823. The van der Waals surface area contributed by atoms with E-state index in [9.17, 15) is 14.7 Å². The number of rotatable bonds is 4. The molecule has 0 rings (SSSR count). The average molecular weight is 160 g/mol. The highest BCUT2D eigenvalue weighted by molar-refractivity contribution is 5.90. The molecule has 1 radical (unpaired) electrons. The molecule has 0 aliphatic rings. The van der Waals surface area contributed by atoms with Gasteiger partial charge in [0.25, 0.3) is 0 Å². The third kappa shape index (κ3) is 3.69. The van der Waals surface area contributed by atoms with Crippen LogP contribution in [0.15, 0.2) is 0 Å². The van der Waals surface area contributed by atoms with Crippen LogP contribution >= 0.6 is 0 Å². The van der Waals surface area contributed by atoms with E-state index in [-0.39, 0.29) is 0 Å². The molecule has 1 unspecified atom stereocenters. The minimum Gasteiger partial charge on any atom is -0.481 e. The molecule has 0 aliphatic heterocycles. The smallest absolute Gasteiger partial charge is 0.305 e. The second-order valence-electron chi connectivity index (χ2n) is 2.25. The van der Waals surface area contributed by atoms with Crippen LogP contribution in [-0.4, -0.2) is 29.0 Å². The van der Waals surface area contributed by atoms with E-state index < -0.39 is 30.3 Å². The zero-order valence-electron chi connectivity index (χ0n) is 6.11. The third-order valence-corrected chi connectivity index (χ3v) is 1.16. The van der Waals surface area contributed by atoms with Gasteiger partial charge in [-0.1, -0.05) is 0 Å². The highest BCUT2D eigenvalue weighted by Crippen LogP contribution is 1.95. The van der Waals surface area contributed by atoms with Crippen molar-refractivity contribution in [3.63, 3.8) is 0 Å². The molecule has 3 N–H and O–H groups in total. The van der Waals surface area contributed by atoms with Crippen LogP contribution in [0.1, 0.15) is 13.3 Å². The van der Waals surface area contributed by atoms with Crippen molar-refractivity contribution >= 4 is 11.8 Å². The Morgan fingerprint density at radius 1 is 1.55 bits per heavy atom. The number of aliphatic carboxylic acids is 1. The van der Waals surface area contributed by atoms with Gasteiger partial charge in [-0.15, -0.1) is 0 Å². The number of carbonyl (C=O) groups is 2. The fourth-order valence-corrected chi connectivity index (χ4v) is 0.590. The second-order valence-corrected chi connectivity index (χ2v) is 2.25. The van der Waals surface area contributed by atoms with E-state index in [1.165, 1.54) is 0 Å². The van der Waals surface area contributed by atoms with Gasteiger partial charge in [0.15, 0.2) is 5.78 Å². The minimum absolute atomic E-state index is 0.481. The summed E-state index contributed by atoms with van der Waals surface area (Å²) in [5, 5.41) is 18.6. The fourth-order valence-electron chi connectivity index (χ4n) is 0.590. The van der Waals surface area contributed by atoms with Gasteiger partial charge in [-0.25, -0.2) is 5.11 Å². The van der Waals surface area contributed by atoms with Gasteiger partial charge < -0.3 is 10.8 Å². The minimum atomic E-state index is -1.44. The quantitative estimate of drug-likeness (QED) is 0.560. The molecule has 2 atom stereocenters. The van der Waals surface area contributed by atoms with E-state index in [4.69, 9.17) is 10.8 Å². The first-order valence-corrected chi connectivity index (χ1v) is 3.12. The molecular weight excluding hydrogens is 150 g/mol. The van der Waals surface area contributed by atoms with Gasteiger partial charge in [0.2, 0.25) is 0 Å². The molecule has 0 saturated heterocycles. The lowest BCUT2D eigenvalue weighted by Gasteiger charge is -2.07. The number of Topliss-reactive ketones (excluding diaryl/α,β-unsaturated/α-hetero) is 1. The largest absolute Gasteiger partial charge is 0.481 e. The Kier molecular flexibility index (Phi) is 3.70. The van der Waals surface area contributed by atoms with Crippen molar-refractivity contribution in [3.05, 3.63) is 0 Å². The van der Waals surface area contributed by atoms with Crippen LogP contribution in [0, 0.1) is 0 Å². The van der Waals surface area contributed by atoms with Gasteiger partial charge in [-0.2, -0.15) is 0 Å². The zero-order valence-corrected chi connectivity index (χ0v) is 6.11. The molecule has 11 heavy (non-hydrogen) atoms. The molecule has 0 aromatic carbocycles. The second kappa shape index (κ2) is 4.05. The SMILES string of the molecule is CC([O])C(=O)[C@@H](N)CC(=O)O. The molecule has 0 aromatic heterocycles. The Bertz CT molecular complexity index is 166. The number of carboxylic acid groups (broad SMARTS) is 1. The van der Waals surface area contributed by atoms with Gasteiger partial charge >= 0.3 is 5.97 Å². The van der Waals surface area contributed by atoms with Gasteiger partial charge in [0.05, 0.1) is 12.5 Å². The van der Waals surface area contributed by atoms with Crippen LogP contribution in [0.2, 0.25) is 0 Å². The highest BCUT2D eigenvalue weighted by atomic mass is 16.4. The van der Waals surface area contributed by atoms with Gasteiger partial charge in [0.1, 0.15) is 6.10 Å². The van der Waals surface area contributed by atoms with E-state index in [0.717, 1.165) is 6.92 Å². The molecular formula is C6H10NO4. The Balaban J connectivity index is 3.93. The Morgan fingerprint density at radius 2 is 2.00 bits per heavy atom. The topological polar surface area (TPSA) is 100 Å². The lowest BCUT2D eigenvalue weighted by molar-refractivity contribution is -0.141. The first-order valence-electron chi connectivity index (χ1n) is 3.12. The molecule has 0 fully saturated rings. The summed E-state index contributed by atoms with van der Waals surface area (Å²) < 4.78 is 0. The maximum absolute atomic E-state index is 10.7. The van der Waals surface area contributed by atoms with Crippen LogP contribution in [0.3, 0.4) is 0 Å².